The molecule has 5 nitrogen and oxygen atoms in total. The van der Waals surface area contributed by atoms with Crippen LogP contribution in [-0.4, -0.2) is 38.5 Å². The zero-order valence-corrected chi connectivity index (χ0v) is 10.8. The van der Waals surface area contributed by atoms with Gasteiger partial charge in [-0.25, -0.2) is 4.98 Å². The summed E-state index contributed by atoms with van der Waals surface area (Å²) in [6, 6.07) is 0.355. The molecule has 0 radical (unpaired) electrons. The van der Waals surface area contributed by atoms with Crippen LogP contribution in [0, 0.1) is 0 Å². The van der Waals surface area contributed by atoms with E-state index in [1.807, 2.05) is 13.1 Å². The van der Waals surface area contributed by atoms with E-state index in [0.717, 1.165) is 5.69 Å². The van der Waals surface area contributed by atoms with Gasteiger partial charge in [-0.3, -0.25) is 0 Å². The lowest BCUT2D eigenvalue weighted by Crippen LogP contribution is -2.51. The fourth-order valence-corrected chi connectivity index (χ4v) is 1.72. The summed E-state index contributed by atoms with van der Waals surface area (Å²) in [5.74, 6) is 0. The van der Waals surface area contributed by atoms with Crippen LogP contribution >= 0.6 is 0 Å². The van der Waals surface area contributed by atoms with Gasteiger partial charge in [0.15, 0.2) is 0 Å². The van der Waals surface area contributed by atoms with E-state index in [1.54, 1.807) is 6.33 Å². The summed E-state index contributed by atoms with van der Waals surface area (Å²) in [6.45, 7) is 6.57. The molecule has 0 aromatic carbocycles. The maximum Gasteiger partial charge on any atom is 0.0951 e. The van der Waals surface area contributed by atoms with Gasteiger partial charge in [-0.05, 0) is 20.3 Å². The maximum atomic E-state index is 9.34. The van der Waals surface area contributed by atoms with Crippen LogP contribution < -0.4 is 5.32 Å². The fourth-order valence-electron chi connectivity index (χ4n) is 1.72. The van der Waals surface area contributed by atoms with Gasteiger partial charge in [0.05, 0.1) is 30.8 Å². The van der Waals surface area contributed by atoms with E-state index in [9.17, 15) is 10.2 Å². The summed E-state index contributed by atoms with van der Waals surface area (Å²) in [5, 5.41) is 21.9. The fraction of sp³-hybridized carbons (Fsp3) is 0.750. The second-order valence-corrected chi connectivity index (χ2v) is 4.69. The van der Waals surface area contributed by atoms with E-state index < -0.39 is 5.54 Å². The number of hydrogen-bond donors (Lipinski definition) is 3. The predicted molar refractivity (Wildman–Crippen MR) is 66.6 cm³/mol. The molecule has 0 fully saturated rings. The number of aliphatic hydroxyl groups excluding tert-OH is 2. The molecule has 1 heterocycles. The first-order valence-electron chi connectivity index (χ1n) is 6.06. The third kappa shape index (κ3) is 3.28. The topological polar surface area (TPSA) is 70.3 Å². The second kappa shape index (κ2) is 6.14. The summed E-state index contributed by atoms with van der Waals surface area (Å²) in [4.78, 5) is 4.12. The summed E-state index contributed by atoms with van der Waals surface area (Å²) >= 11 is 0. The molecular weight excluding hydrogens is 218 g/mol. The highest BCUT2D eigenvalue weighted by atomic mass is 16.3. The first-order valence-corrected chi connectivity index (χ1v) is 6.06. The molecule has 1 aromatic rings. The third-order valence-corrected chi connectivity index (χ3v) is 3.23. The monoisotopic (exact) mass is 241 g/mol. The van der Waals surface area contributed by atoms with Crippen LogP contribution in [0.3, 0.4) is 0 Å². The maximum absolute atomic E-state index is 9.34. The molecule has 5 heteroatoms. The lowest BCUT2D eigenvalue weighted by molar-refractivity contribution is 0.0858. The highest BCUT2D eigenvalue weighted by molar-refractivity contribution is 5.01. The van der Waals surface area contributed by atoms with Gasteiger partial charge in [-0.1, -0.05) is 6.92 Å². The Morgan fingerprint density at radius 2 is 2.06 bits per heavy atom. The standard InChI is InChI=1S/C12H23N3O2/c1-4-12(7-16,8-17)14-6-11-5-13-9-15(11)10(2)3/h5,9-10,14,16-17H,4,6-8H2,1-3H3. The number of imidazole rings is 1. The minimum Gasteiger partial charge on any atom is -0.394 e. The van der Waals surface area contributed by atoms with Gasteiger partial charge in [0.2, 0.25) is 0 Å². The molecule has 0 amide bonds. The number of aliphatic hydroxyl groups is 2. The largest absolute Gasteiger partial charge is 0.394 e. The number of nitrogens with one attached hydrogen (secondary N) is 1. The van der Waals surface area contributed by atoms with E-state index in [2.05, 4.69) is 28.7 Å². The predicted octanol–water partition coefficient (Wildman–Crippen LogP) is 0.687. The van der Waals surface area contributed by atoms with Crippen molar-refractivity contribution in [2.24, 2.45) is 0 Å². The van der Waals surface area contributed by atoms with Gasteiger partial charge in [0.1, 0.15) is 0 Å². The van der Waals surface area contributed by atoms with Gasteiger partial charge in [-0.15, -0.1) is 0 Å². The molecule has 3 N–H and O–H groups in total. The minimum absolute atomic E-state index is 0.0736. The van der Waals surface area contributed by atoms with Crippen LogP contribution in [0.5, 0.6) is 0 Å². The van der Waals surface area contributed by atoms with Gasteiger partial charge in [-0.2, -0.15) is 0 Å². The van der Waals surface area contributed by atoms with Crippen molar-refractivity contribution in [3.05, 3.63) is 18.2 Å². The Morgan fingerprint density at radius 1 is 1.41 bits per heavy atom. The van der Waals surface area contributed by atoms with E-state index in [4.69, 9.17) is 0 Å². The Labute approximate surface area is 102 Å². The van der Waals surface area contributed by atoms with Crippen molar-refractivity contribution >= 4 is 0 Å². The van der Waals surface area contributed by atoms with Crippen LogP contribution in [0.15, 0.2) is 12.5 Å². The molecule has 98 valence electrons. The molecule has 1 rings (SSSR count). The molecule has 0 unspecified atom stereocenters. The Bertz CT molecular complexity index is 324. The average Bonchev–Trinajstić information content (AvgIpc) is 2.80. The van der Waals surface area contributed by atoms with E-state index in [0.29, 0.717) is 19.0 Å². The Kier molecular flexibility index (Phi) is 5.11. The Balaban J connectivity index is 2.69. The first kappa shape index (κ1) is 14.2. The Hall–Kier alpha value is -0.910. The van der Waals surface area contributed by atoms with Crippen LogP contribution in [-0.2, 0) is 6.54 Å². The van der Waals surface area contributed by atoms with Crippen molar-refractivity contribution in [3.63, 3.8) is 0 Å². The van der Waals surface area contributed by atoms with Gasteiger partial charge in [0, 0.05) is 18.8 Å². The van der Waals surface area contributed by atoms with Crippen LogP contribution in [0.1, 0.15) is 38.9 Å². The Morgan fingerprint density at radius 3 is 2.53 bits per heavy atom. The van der Waals surface area contributed by atoms with Gasteiger partial charge < -0.3 is 20.1 Å². The van der Waals surface area contributed by atoms with Gasteiger partial charge >= 0.3 is 0 Å². The smallest absolute Gasteiger partial charge is 0.0951 e. The molecule has 0 saturated heterocycles. The van der Waals surface area contributed by atoms with E-state index in [1.165, 1.54) is 0 Å². The zero-order valence-electron chi connectivity index (χ0n) is 10.8. The molecule has 1 aromatic heterocycles. The molecule has 0 atom stereocenters. The van der Waals surface area contributed by atoms with Crippen molar-refractivity contribution in [1.82, 2.24) is 14.9 Å². The molecular formula is C12H23N3O2. The summed E-state index contributed by atoms with van der Waals surface area (Å²) in [7, 11) is 0. The zero-order chi connectivity index (χ0) is 12.9. The van der Waals surface area contributed by atoms with Gasteiger partial charge in [0.25, 0.3) is 0 Å². The lowest BCUT2D eigenvalue weighted by Gasteiger charge is -2.30. The average molecular weight is 241 g/mol. The normalized spacial score (nSPS) is 12.4. The highest BCUT2D eigenvalue weighted by Gasteiger charge is 2.26. The van der Waals surface area contributed by atoms with Crippen molar-refractivity contribution < 1.29 is 10.2 Å². The second-order valence-electron chi connectivity index (χ2n) is 4.69. The molecule has 17 heavy (non-hydrogen) atoms. The lowest BCUT2D eigenvalue weighted by atomic mass is 9.98. The quantitative estimate of drug-likeness (QED) is 0.657. The molecule has 0 aliphatic carbocycles. The number of aromatic nitrogens is 2. The third-order valence-electron chi connectivity index (χ3n) is 3.23. The van der Waals surface area contributed by atoms with Crippen LogP contribution in [0.4, 0.5) is 0 Å². The molecule has 0 aliphatic rings. The molecule has 0 aliphatic heterocycles. The van der Waals surface area contributed by atoms with Crippen molar-refractivity contribution in [1.29, 1.82) is 0 Å². The number of rotatable bonds is 7. The van der Waals surface area contributed by atoms with Crippen LogP contribution in [0.25, 0.3) is 0 Å². The molecule has 0 spiro atoms. The first-order chi connectivity index (χ1) is 8.08. The van der Waals surface area contributed by atoms with E-state index in [-0.39, 0.29) is 13.2 Å². The molecule has 0 saturated carbocycles. The summed E-state index contributed by atoms with van der Waals surface area (Å²) in [6.07, 6.45) is 4.28. The molecule has 0 bridgehead atoms. The summed E-state index contributed by atoms with van der Waals surface area (Å²) < 4.78 is 2.07. The highest BCUT2D eigenvalue weighted by Crippen LogP contribution is 2.12. The number of hydrogen-bond acceptors (Lipinski definition) is 4. The van der Waals surface area contributed by atoms with Crippen LogP contribution in [0.2, 0.25) is 0 Å². The van der Waals surface area contributed by atoms with E-state index >= 15 is 0 Å². The van der Waals surface area contributed by atoms with Crippen molar-refractivity contribution in [2.45, 2.75) is 45.3 Å². The SMILES string of the molecule is CCC(CO)(CO)NCc1cncn1C(C)C. The summed E-state index contributed by atoms with van der Waals surface area (Å²) in [5.41, 5.74) is 0.450. The minimum atomic E-state index is -0.605. The van der Waals surface area contributed by atoms with Crippen molar-refractivity contribution in [2.75, 3.05) is 13.2 Å². The number of nitrogens with zero attached hydrogens (tertiary/aromatic N) is 2. The van der Waals surface area contributed by atoms with Crippen molar-refractivity contribution in [3.8, 4) is 0 Å².